The summed E-state index contributed by atoms with van der Waals surface area (Å²) in [5.41, 5.74) is -0.0389. The van der Waals surface area contributed by atoms with Gasteiger partial charge in [-0.15, -0.1) is 0 Å². The van der Waals surface area contributed by atoms with Gasteiger partial charge >= 0.3 is 6.18 Å². The molecule has 0 spiro atoms. The Balaban J connectivity index is 1.63. The topological polar surface area (TPSA) is 29.5 Å². The summed E-state index contributed by atoms with van der Waals surface area (Å²) in [7, 11) is 2.06. The molecule has 0 amide bonds. The number of piperidine rings is 1. The van der Waals surface area contributed by atoms with Crippen molar-refractivity contribution < 1.29 is 22.7 Å². The highest BCUT2D eigenvalue weighted by atomic mass is 19.4. The fraction of sp³-hybridized carbons (Fsp3) is 0.588. The van der Waals surface area contributed by atoms with Crippen LogP contribution in [0.3, 0.4) is 0 Å². The van der Waals surface area contributed by atoms with E-state index in [2.05, 4.69) is 11.9 Å². The fourth-order valence-corrected chi connectivity index (χ4v) is 3.52. The van der Waals surface area contributed by atoms with E-state index in [1.54, 1.807) is 0 Å². The quantitative estimate of drug-likeness (QED) is 0.855. The minimum Gasteiger partial charge on any atom is -0.378 e. The molecule has 1 aromatic carbocycles. The summed E-state index contributed by atoms with van der Waals surface area (Å²) in [6.07, 6.45) is -2.60. The van der Waals surface area contributed by atoms with Crippen molar-refractivity contribution in [3.05, 3.63) is 35.4 Å². The number of Topliss-reactive ketones (excluding diaryl/α,β-unsaturated/α-hetero) is 1. The minimum absolute atomic E-state index is 0.0209. The predicted octanol–water partition coefficient (Wildman–Crippen LogP) is 2.93. The molecule has 2 saturated heterocycles. The van der Waals surface area contributed by atoms with Gasteiger partial charge in [0.25, 0.3) is 0 Å². The Bertz CT molecular complexity index is 556. The van der Waals surface area contributed by atoms with E-state index in [1.807, 2.05) is 0 Å². The zero-order valence-electron chi connectivity index (χ0n) is 13.0. The number of benzene rings is 1. The molecule has 0 aromatic heterocycles. The number of ether oxygens (including phenoxy) is 1. The van der Waals surface area contributed by atoms with Crippen molar-refractivity contribution in [1.29, 1.82) is 0 Å². The van der Waals surface area contributed by atoms with E-state index in [4.69, 9.17) is 4.74 Å². The van der Waals surface area contributed by atoms with Crippen molar-refractivity contribution >= 4 is 5.78 Å². The number of hydrogen-bond acceptors (Lipinski definition) is 3. The van der Waals surface area contributed by atoms with Gasteiger partial charge in [0.2, 0.25) is 0 Å². The van der Waals surface area contributed by atoms with Crippen LogP contribution in [0.4, 0.5) is 13.2 Å². The van der Waals surface area contributed by atoms with E-state index in [9.17, 15) is 18.0 Å². The first-order chi connectivity index (χ1) is 10.8. The van der Waals surface area contributed by atoms with Gasteiger partial charge in [-0.2, -0.15) is 13.2 Å². The number of halogens is 3. The van der Waals surface area contributed by atoms with Crippen LogP contribution in [0.25, 0.3) is 0 Å². The van der Waals surface area contributed by atoms with E-state index < -0.39 is 11.7 Å². The maximum Gasteiger partial charge on any atom is 0.416 e. The number of carbonyl (C=O) groups excluding carboxylic acids is 1. The van der Waals surface area contributed by atoms with Crippen LogP contribution in [0.15, 0.2) is 24.3 Å². The summed E-state index contributed by atoms with van der Waals surface area (Å²) >= 11 is 0. The molecule has 2 aliphatic heterocycles. The molecule has 2 atom stereocenters. The molecule has 0 saturated carbocycles. The standard InChI is InChI=1S/C17H20F3NO2/c1-21-14-7-12(8-15(21)10-23-9-14)16(22)6-11-2-4-13(5-3-11)17(18,19)20/h2-5,12,14-15H,6-10H2,1H3. The Morgan fingerprint density at radius 1 is 1.17 bits per heavy atom. The van der Waals surface area contributed by atoms with E-state index in [0.717, 1.165) is 25.0 Å². The van der Waals surface area contributed by atoms with Gasteiger partial charge in [0.05, 0.1) is 18.8 Å². The highest BCUT2D eigenvalue weighted by Crippen LogP contribution is 2.32. The van der Waals surface area contributed by atoms with Gasteiger partial charge < -0.3 is 4.74 Å². The van der Waals surface area contributed by atoms with Gasteiger partial charge in [-0.25, -0.2) is 0 Å². The van der Waals surface area contributed by atoms with E-state index in [0.29, 0.717) is 18.8 Å². The van der Waals surface area contributed by atoms with Gasteiger partial charge in [-0.05, 0) is 37.6 Å². The zero-order valence-corrected chi connectivity index (χ0v) is 13.0. The van der Waals surface area contributed by atoms with Crippen molar-refractivity contribution in [2.24, 2.45) is 5.92 Å². The van der Waals surface area contributed by atoms with Crippen LogP contribution < -0.4 is 0 Å². The number of hydrogen-bond donors (Lipinski definition) is 0. The van der Waals surface area contributed by atoms with Gasteiger partial charge in [-0.3, -0.25) is 9.69 Å². The third-order valence-corrected chi connectivity index (χ3v) is 5.00. The molecule has 6 heteroatoms. The molecule has 126 valence electrons. The second kappa shape index (κ2) is 6.24. The molecule has 0 N–H and O–H groups in total. The molecule has 0 aliphatic carbocycles. The predicted molar refractivity (Wildman–Crippen MR) is 79.0 cm³/mol. The van der Waals surface area contributed by atoms with E-state index >= 15 is 0 Å². The van der Waals surface area contributed by atoms with Crippen molar-refractivity contribution in [2.75, 3.05) is 20.3 Å². The van der Waals surface area contributed by atoms with Gasteiger partial charge in [-0.1, -0.05) is 12.1 Å². The largest absolute Gasteiger partial charge is 0.416 e. The molecule has 2 bridgehead atoms. The smallest absolute Gasteiger partial charge is 0.378 e. The molecule has 23 heavy (non-hydrogen) atoms. The van der Waals surface area contributed by atoms with Crippen LogP contribution in [-0.2, 0) is 22.1 Å². The summed E-state index contributed by atoms with van der Waals surface area (Å²) < 4.78 is 43.2. The van der Waals surface area contributed by atoms with Crippen LogP contribution in [0.5, 0.6) is 0 Å². The zero-order chi connectivity index (χ0) is 16.6. The molecule has 3 nitrogen and oxygen atoms in total. The average molecular weight is 327 g/mol. The second-order valence-corrected chi connectivity index (χ2v) is 6.52. The number of fused-ring (bicyclic) bond motifs is 2. The number of ketones is 1. The summed E-state index contributed by atoms with van der Waals surface area (Å²) in [5.74, 6) is 0.0992. The van der Waals surface area contributed by atoms with Crippen LogP contribution in [0.1, 0.15) is 24.0 Å². The van der Waals surface area contributed by atoms with Gasteiger partial charge in [0.1, 0.15) is 5.78 Å². The van der Waals surface area contributed by atoms with Gasteiger partial charge in [0, 0.05) is 24.4 Å². The third kappa shape index (κ3) is 3.58. The van der Waals surface area contributed by atoms with Crippen molar-refractivity contribution in [1.82, 2.24) is 4.90 Å². The highest BCUT2D eigenvalue weighted by Gasteiger charge is 2.39. The summed E-state index contributed by atoms with van der Waals surface area (Å²) in [5, 5.41) is 0. The lowest BCUT2D eigenvalue weighted by molar-refractivity contribution is -0.137. The van der Waals surface area contributed by atoms with Crippen molar-refractivity contribution in [2.45, 2.75) is 37.5 Å². The SMILES string of the molecule is CN1C2COCC1CC(C(=O)Cc1ccc(C(F)(F)F)cc1)C2. The Kier molecular flexibility index (Phi) is 4.47. The van der Waals surface area contributed by atoms with Crippen LogP contribution in [0.2, 0.25) is 0 Å². The lowest BCUT2D eigenvalue weighted by Crippen LogP contribution is -2.55. The summed E-state index contributed by atoms with van der Waals surface area (Å²) in [6.45, 7) is 1.30. The maximum atomic E-state index is 12.6. The van der Waals surface area contributed by atoms with Crippen LogP contribution in [-0.4, -0.2) is 43.0 Å². The number of carbonyl (C=O) groups is 1. The first-order valence-electron chi connectivity index (χ1n) is 7.83. The monoisotopic (exact) mass is 327 g/mol. The molecular weight excluding hydrogens is 307 g/mol. The first-order valence-corrected chi connectivity index (χ1v) is 7.83. The molecule has 2 aliphatic rings. The number of likely N-dealkylation sites (N-methyl/N-ethyl adjacent to an activating group) is 1. The molecule has 3 rings (SSSR count). The van der Waals surface area contributed by atoms with E-state index in [-0.39, 0.29) is 30.2 Å². The fourth-order valence-electron chi connectivity index (χ4n) is 3.52. The lowest BCUT2D eigenvalue weighted by Gasteiger charge is -2.46. The van der Waals surface area contributed by atoms with Crippen molar-refractivity contribution in [3.63, 3.8) is 0 Å². The molecular formula is C17H20F3NO2. The molecule has 2 fully saturated rings. The second-order valence-electron chi connectivity index (χ2n) is 6.52. The molecule has 0 radical (unpaired) electrons. The third-order valence-electron chi connectivity index (χ3n) is 5.00. The minimum atomic E-state index is -4.34. The van der Waals surface area contributed by atoms with Crippen molar-refractivity contribution in [3.8, 4) is 0 Å². The van der Waals surface area contributed by atoms with Crippen LogP contribution >= 0.6 is 0 Å². The molecule has 2 heterocycles. The average Bonchev–Trinajstić information content (AvgIpc) is 2.46. The number of alkyl halides is 3. The van der Waals surface area contributed by atoms with E-state index in [1.165, 1.54) is 12.1 Å². The number of rotatable bonds is 3. The highest BCUT2D eigenvalue weighted by molar-refractivity contribution is 5.83. The summed E-state index contributed by atoms with van der Waals surface area (Å²) in [6, 6.07) is 5.42. The number of nitrogens with zero attached hydrogens (tertiary/aromatic N) is 1. The number of morpholine rings is 1. The molecule has 2 unspecified atom stereocenters. The lowest BCUT2D eigenvalue weighted by atomic mass is 9.81. The Labute approximate surface area is 133 Å². The Hall–Kier alpha value is -1.40. The Morgan fingerprint density at radius 3 is 2.26 bits per heavy atom. The van der Waals surface area contributed by atoms with Crippen LogP contribution in [0, 0.1) is 5.92 Å². The maximum absolute atomic E-state index is 12.6. The first kappa shape index (κ1) is 16.5. The molecule has 1 aromatic rings. The normalized spacial score (nSPS) is 28.6. The Morgan fingerprint density at radius 2 is 1.74 bits per heavy atom. The summed E-state index contributed by atoms with van der Waals surface area (Å²) in [4.78, 5) is 14.8. The van der Waals surface area contributed by atoms with Gasteiger partial charge in [0.15, 0.2) is 0 Å².